The van der Waals surface area contributed by atoms with Crippen LogP contribution < -0.4 is 10.1 Å². The molecule has 17 heavy (non-hydrogen) atoms. The van der Waals surface area contributed by atoms with E-state index in [0.717, 1.165) is 11.3 Å². The van der Waals surface area contributed by atoms with Crippen molar-refractivity contribution in [2.24, 2.45) is 0 Å². The molecule has 0 unspecified atom stereocenters. The van der Waals surface area contributed by atoms with Crippen LogP contribution in [0.4, 0.5) is 0 Å². The summed E-state index contributed by atoms with van der Waals surface area (Å²) in [4.78, 5) is 11.5. The van der Waals surface area contributed by atoms with Gasteiger partial charge in [0, 0.05) is 24.8 Å². The van der Waals surface area contributed by atoms with Gasteiger partial charge in [-0.15, -0.1) is 0 Å². The smallest absolute Gasteiger partial charge is 0.251 e. The van der Waals surface area contributed by atoms with Crippen molar-refractivity contribution in [1.82, 2.24) is 5.32 Å². The number of carbonyl (C=O) groups excluding carboxylic acids is 1. The van der Waals surface area contributed by atoms with E-state index in [-0.39, 0.29) is 5.91 Å². The number of hydrogen-bond donors (Lipinski definition) is 1. The first kappa shape index (κ1) is 13.5. The lowest BCUT2D eigenvalue weighted by Gasteiger charge is -2.11. The van der Waals surface area contributed by atoms with E-state index >= 15 is 0 Å². The molecule has 0 spiro atoms. The predicted octanol–water partition coefficient (Wildman–Crippen LogP) is 1.98. The summed E-state index contributed by atoms with van der Waals surface area (Å²) < 4.78 is 10.9. The van der Waals surface area contributed by atoms with E-state index < -0.39 is 0 Å². The number of ether oxygens (including phenoxy) is 2. The second kappa shape index (κ2) is 6.91. The highest BCUT2D eigenvalue weighted by Gasteiger charge is 2.09. The molecule has 1 aromatic carbocycles. The van der Waals surface area contributed by atoms with Crippen LogP contribution in [0.15, 0.2) is 18.2 Å². The maximum atomic E-state index is 11.5. The van der Waals surface area contributed by atoms with E-state index in [1.165, 1.54) is 0 Å². The lowest BCUT2D eigenvalue weighted by atomic mass is 10.1. The summed E-state index contributed by atoms with van der Waals surface area (Å²) in [7, 11) is 1.61. The third-order valence-electron chi connectivity index (χ3n) is 2.31. The van der Waals surface area contributed by atoms with Gasteiger partial charge in [0.2, 0.25) is 0 Å². The van der Waals surface area contributed by atoms with Crippen molar-refractivity contribution in [2.75, 3.05) is 20.3 Å². The Morgan fingerprint density at radius 1 is 1.29 bits per heavy atom. The fraction of sp³-hybridized carbons (Fsp3) is 0.462. The molecule has 0 saturated carbocycles. The van der Waals surface area contributed by atoms with Crippen LogP contribution in [0.2, 0.25) is 0 Å². The van der Waals surface area contributed by atoms with Crippen molar-refractivity contribution in [3.63, 3.8) is 0 Å². The number of carbonyl (C=O) groups is 1. The molecule has 0 heterocycles. The zero-order valence-corrected chi connectivity index (χ0v) is 10.6. The maximum absolute atomic E-state index is 11.5. The molecule has 0 radical (unpaired) electrons. The lowest BCUT2D eigenvalue weighted by Crippen LogP contribution is -2.18. The molecule has 0 atom stereocenters. The van der Waals surface area contributed by atoms with E-state index in [4.69, 9.17) is 9.47 Å². The van der Waals surface area contributed by atoms with E-state index in [1.807, 2.05) is 19.9 Å². The van der Waals surface area contributed by atoms with Gasteiger partial charge >= 0.3 is 0 Å². The fourth-order valence-corrected chi connectivity index (χ4v) is 1.49. The zero-order chi connectivity index (χ0) is 12.7. The molecule has 1 aromatic rings. The summed E-state index contributed by atoms with van der Waals surface area (Å²) in [6.07, 6.45) is 0. The summed E-state index contributed by atoms with van der Waals surface area (Å²) in [6.45, 7) is 5.55. The van der Waals surface area contributed by atoms with Crippen LogP contribution in [-0.4, -0.2) is 26.2 Å². The topological polar surface area (TPSA) is 47.6 Å². The van der Waals surface area contributed by atoms with Gasteiger partial charge in [0.1, 0.15) is 5.75 Å². The highest BCUT2D eigenvalue weighted by atomic mass is 16.5. The highest BCUT2D eigenvalue weighted by Crippen LogP contribution is 2.21. The SMILES string of the molecule is CCOCc1cc(C(=O)NC)ccc1OCC. The summed E-state index contributed by atoms with van der Waals surface area (Å²) in [5.41, 5.74) is 1.51. The molecule has 0 aliphatic carbocycles. The first-order chi connectivity index (χ1) is 8.22. The van der Waals surface area contributed by atoms with Crippen molar-refractivity contribution in [3.8, 4) is 5.75 Å². The first-order valence-corrected chi connectivity index (χ1v) is 5.78. The van der Waals surface area contributed by atoms with Gasteiger partial charge in [-0.3, -0.25) is 4.79 Å². The molecule has 94 valence electrons. The van der Waals surface area contributed by atoms with Crippen molar-refractivity contribution < 1.29 is 14.3 Å². The molecule has 1 amide bonds. The van der Waals surface area contributed by atoms with Crippen LogP contribution in [0.3, 0.4) is 0 Å². The van der Waals surface area contributed by atoms with Crippen molar-refractivity contribution >= 4 is 5.91 Å². The minimum atomic E-state index is -0.106. The molecule has 0 aliphatic rings. The minimum Gasteiger partial charge on any atom is -0.494 e. The summed E-state index contributed by atoms with van der Waals surface area (Å²) in [6, 6.07) is 5.36. The standard InChI is InChI=1S/C13H19NO3/c1-4-16-9-11-8-10(13(15)14-3)6-7-12(11)17-5-2/h6-8H,4-5,9H2,1-3H3,(H,14,15). The lowest BCUT2D eigenvalue weighted by molar-refractivity contribution is 0.0962. The van der Waals surface area contributed by atoms with Gasteiger partial charge in [0.15, 0.2) is 0 Å². The van der Waals surface area contributed by atoms with Crippen LogP contribution in [0.5, 0.6) is 5.75 Å². The molecule has 1 rings (SSSR count). The Morgan fingerprint density at radius 3 is 2.65 bits per heavy atom. The van der Waals surface area contributed by atoms with Crippen LogP contribution in [-0.2, 0) is 11.3 Å². The van der Waals surface area contributed by atoms with Gasteiger partial charge in [-0.2, -0.15) is 0 Å². The summed E-state index contributed by atoms with van der Waals surface area (Å²) in [5, 5.41) is 2.60. The van der Waals surface area contributed by atoms with E-state index in [9.17, 15) is 4.79 Å². The Bertz CT molecular complexity index is 377. The number of amides is 1. The largest absolute Gasteiger partial charge is 0.494 e. The van der Waals surface area contributed by atoms with Crippen LogP contribution in [0, 0.1) is 0 Å². The quantitative estimate of drug-likeness (QED) is 0.823. The molecule has 0 fully saturated rings. The molecule has 4 nitrogen and oxygen atoms in total. The van der Waals surface area contributed by atoms with E-state index in [1.54, 1.807) is 19.2 Å². The van der Waals surface area contributed by atoms with Gasteiger partial charge < -0.3 is 14.8 Å². The van der Waals surface area contributed by atoms with Crippen LogP contribution >= 0.6 is 0 Å². The third kappa shape index (κ3) is 3.75. The Morgan fingerprint density at radius 2 is 2.06 bits per heavy atom. The summed E-state index contributed by atoms with van der Waals surface area (Å²) >= 11 is 0. The third-order valence-corrected chi connectivity index (χ3v) is 2.31. The number of benzene rings is 1. The predicted molar refractivity (Wildman–Crippen MR) is 66.3 cm³/mol. The van der Waals surface area contributed by atoms with Gasteiger partial charge in [-0.05, 0) is 32.0 Å². The Labute approximate surface area is 102 Å². The zero-order valence-electron chi connectivity index (χ0n) is 10.6. The van der Waals surface area contributed by atoms with Crippen molar-refractivity contribution in [1.29, 1.82) is 0 Å². The Kier molecular flexibility index (Phi) is 5.49. The van der Waals surface area contributed by atoms with Gasteiger partial charge in [-0.1, -0.05) is 0 Å². The average molecular weight is 237 g/mol. The molecule has 0 saturated heterocycles. The Hall–Kier alpha value is -1.55. The molecule has 0 aromatic heterocycles. The number of nitrogens with one attached hydrogen (secondary N) is 1. The van der Waals surface area contributed by atoms with E-state index in [2.05, 4.69) is 5.32 Å². The second-order valence-electron chi connectivity index (χ2n) is 3.47. The van der Waals surface area contributed by atoms with Gasteiger partial charge in [0.05, 0.1) is 13.2 Å². The molecular formula is C13H19NO3. The normalized spacial score (nSPS) is 10.1. The first-order valence-electron chi connectivity index (χ1n) is 5.78. The molecule has 0 bridgehead atoms. The van der Waals surface area contributed by atoms with Gasteiger partial charge in [0.25, 0.3) is 5.91 Å². The minimum absolute atomic E-state index is 0.106. The highest BCUT2D eigenvalue weighted by molar-refractivity contribution is 5.94. The second-order valence-corrected chi connectivity index (χ2v) is 3.47. The summed E-state index contributed by atoms with van der Waals surface area (Å²) in [5.74, 6) is 0.666. The van der Waals surface area contributed by atoms with Crippen LogP contribution in [0.1, 0.15) is 29.8 Å². The van der Waals surface area contributed by atoms with Gasteiger partial charge in [-0.25, -0.2) is 0 Å². The number of rotatable bonds is 6. The molecule has 1 N–H and O–H groups in total. The molecular weight excluding hydrogens is 218 g/mol. The monoisotopic (exact) mass is 237 g/mol. The fourth-order valence-electron chi connectivity index (χ4n) is 1.49. The Balaban J connectivity index is 2.96. The molecule has 4 heteroatoms. The van der Waals surface area contributed by atoms with Crippen LogP contribution in [0.25, 0.3) is 0 Å². The van der Waals surface area contributed by atoms with E-state index in [0.29, 0.717) is 25.4 Å². The van der Waals surface area contributed by atoms with Crippen molar-refractivity contribution in [2.45, 2.75) is 20.5 Å². The average Bonchev–Trinajstić information content (AvgIpc) is 2.37. The maximum Gasteiger partial charge on any atom is 0.251 e. The van der Waals surface area contributed by atoms with Crippen molar-refractivity contribution in [3.05, 3.63) is 29.3 Å². The molecule has 0 aliphatic heterocycles. The number of hydrogen-bond acceptors (Lipinski definition) is 3.